The zero-order valence-electron chi connectivity index (χ0n) is 11.4. The highest BCUT2D eigenvalue weighted by atomic mass is 79.9. The van der Waals surface area contributed by atoms with Crippen LogP contribution in [0.5, 0.6) is 0 Å². The fraction of sp³-hybridized carbons (Fsp3) is 0.500. The van der Waals surface area contributed by atoms with Crippen molar-refractivity contribution in [1.82, 2.24) is 0 Å². The first kappa shape index (κ1) is 15.9. The third-order valence-corrected chi connectivity index (χ3v) is 6.43. The highest BCUT2D eigenvalue weighted by Crippen LogP contribution is 2.40. The minimum atomic E-state index is -0.538. The second-order valence-electron chi connectivity index (χ2n) is 4.58. The number of rotatable bonds is 6. The summed E-state index contributed by atoms with van der Waals surface area (Å²) in [5, 5.41) is 2.22. The Kier molecular flexibility index (Phi) is 5.57. The van der Waals surface area contributed by atoms with Gasteiger partial charge in [-0.15, -0.1) is 22.7 Å². The van der Waals surface area contributed by atoms with Crippen molar-refractivity contribution in [2.45, 2.75) is 45.6 Å². The van der Waals surface area contributed by atoms with Crippen LogP contribution in [-0.2, 0) is 4.74 Å². The predicted molar refractivity (Wildman–Crippen MR) is 86.4 cm³/mol. The molecule has 0 aliphatic rings. The van der Waals surface area contributed by atoms with E-state index in [0.29, 0.717) is 5.39 Å². The fourth-order valence-electron chi connectivity index (χ4n) is 1.95. The Morgan fingerprint density at radius 2 is 2.25 bits per heavy atom. The van der Waals surface area contributed by atoms with Gasteiger partial charge in [0.05, 0.1) is 8.49 Å². The van der Waals surface area contributed by atoms with Gasteiger partial charge in [-0.25, -0.2) is 9.18 Å². The standard InChI is InChI=1S/C14H16BrFO2S2/c1-3-5-6-8(4-2)18-14(17)12-10(16)9-7-19-13(15)11(9)20-12/h7-8H,3-6H2,1-2H3. The van der Waals surface area contributed by atoms with Crippen molar-refractivity contribution in [2.24, 2.45) is 0 Å². The summed E-state index contributed by atoms with van der Waals surface area (Å²) in [6.07, 6.45) is 3.55. The number of esters is 1. The van der Waals surface area contributed by atoms with Crippen LogP contribution in [-0.4, -0.2) is 12.1 Å². The number of halogens is 2. The summed E-state index contributed by atoms with van der Waals surface area (Å²) >= 11 is 5.95. The molecule has 20 heavy (non-hydrogen) atoms. The van der Waals surface area contributed by atoms with Gasteiger partial charge in [0, 0.05) is 10.8 Å². The van der Waals surface area contributed by atoms with Crippen LogP contribution in [0, 0.1) is 5.82 Å². The minimum Gasteiger partial charge on any atom is -0.458 e. The molecular weight excluding hydrogens is 363 g/mol. The Morgan fingerprint density at radius 3 is 2.85 bits per heavy atom. The van der Waals surface area contributed by atoms with E-state index in [0.717, 1.165) is 45.5 Å². The van der Waals surface area contributed by atoms with E-state index in [1.54, 1.807) is 5.38 Å². The van der Waals surface area contributed by atoms with Crippen LogP contribution in [0.3, 0.4) is 0 Å². The summed E-state index contributed by atoms with van der Waals surface area (Å²) < 4.78 is 21.3. The van der Waals surface area contributed by atoms with E-state index < -0.39 is 11.8 Å². The number of carbonyl (C=O) groups excluding carboxylic acids is 1. The van der Waals surface area contributed by atoms with Crippen LogP contribution in [0.1, 0.15) is 49.2 Å². The van der Waals surface area contributed by atoms with Crippen molar-refractivity contribution in [2.75, 3.05) is 0 Å². The first-order chi connectivity index (χ1) is 9.58. The lowest BCUT2D eigenvalue weighted by Crippen LogP contribution is -2.17. The van der Waals surface area contributed by atoms with Gasteiger partial charge in [0.15, 0.2) is 5.82 Å². The quantitative estimate of drug-likeness (QED) is 0.576. The second-order valence-corrected chi connectivity index (χ2v) is 7.79. The lowest BCUT2D eigenvalue weighted by molar-refractivity contribution is 0.0269. The van der Waals surface area contributed by atoms with Crippen LogP contribution in [0.25, 0.3) is 10.1 Å². The van der Waals surface area contributed by atoms with E-state index in [-0.39, 0.29) is 11.0 Å². The Morgan fingerprint density at radius 1 is 1.50 bits per heavy atom. The number of ether oxygens (including phenoxy) is 1. The molecule has 0 bridgehead atoms. The first-order valence-corrected chi connectivity index (χ1v) is 9.13. The van der Waals surface area contributed by atoms with Crippen LogP contribution < -0.4 is 0 Å². The summed E-state index contributed by atoms with van der Waals surface area (Å²) in [4.78, 5) is 12.2. The average Bonchev–Trinajstić information content (AvgIpc) is 2.96. The van der Waals surface area contributed by atoms with Crippen LogP contribution in [0.4, 0.5) is 4.39 Å². The van der Waals surface area contributed by atoms with Gasteiger partial charge >= 0.3 is 5.97 Å². The van der Waals surface area contributed by atoms with E-state index >= 15 is 0 Å². The van der Waals surface area contributed by atoms with Gasteiger partial charge in [-0.3, -0.25) is 0 Å². The molecule has 0 amide bonds. The summed E-state index contributed by atoms with van der Waals surface area (Å²) in [6, 6.07) is 0. The Balaban J connectivity index is 2.16. The molecule has 0 aromatic carbocycles. The predicted octanol–water partition coefficient (Wildman–Crippen LogP) is 5.99. The van der Waals surface area contributed by atoms with Crippen LogP contribution in [0.2, 0.25) is 0 Å². The maximum atomic E-state index is 14.2. The highest BCUT2D eigenvalue weighted by Gasteiger charge is 2.24. The molecule has 0 aliphatic carbocycles. The molecule has 2 aromatic heterocycles. The molecule has 2 heterocycles. The molecule has 2 rings (SSSR count). The van der Waals surface area contributed by atoms with E-state index in [1.165, 1.54) is 11.3 Å². The van der Waals surface area contributed by atoms with Gasteiger partial charge in [-0.2, -0.15) is 0 Å². The van der Waals surface area contributed by atoms with E-state index in [9.17, 15) is 9.18 Å². The Hall–Kier alpha value is -0.460. The smallest absolute Gasteiger partial charge is 0.351 e. The Bertz CT molecular complexity index is 606. The molecule has 1 atom stereocenters. The normalized spacial score (nSPS) is 12.8. The lowest BCUT2D eigenvalue weighted by Gasteiger charge is -2.15. The van der Waals surface area contributed by atoms with Crippen molar-refractivity contribution in [3.05, 3.63) is 19.9 Å². The van der Waals surface area contributed by atoms with E-state index in [4.69, 9.17) is 4.74 Å². The summed E-state index contributed by atoms with van der Waals surface area (Å²) in [5.74, 6) is -0.995. The molecule has 6 heteroatoms. The Labute approximate surface area is 134 Å². The first-order valence-electron chi connectivity index (χ1n) is 6.64. The van der Waals surface area contributed by atoms with E-state index in [2.05, 4.69) is 22.9 Å². The molecule has 2 aromatic rings. The molecule has 0 N–H and O–H groups in total. The SMILES string of the molecule is CCCCC(CC)OC(=O)c1sc2c(Br)scc2c1F. The zero-order valence-corrected chi connectivity index (χ0v) is 14.6. The number of hydrogen-bond acceptors (Lipinski definition) is 4. The maximum Gasteiger partial charge on any atom is 0.351 e. The second kappa shape index (κ2) is 7.00. The molecule has 2 nitrogen and oxygen atoms in total. The van der Waals surface area contributed by atoms with Gasteiger partial charge in [0.2, 0.25) is 0 Å². The topological polar surface area (TPSA) is 26.3 Å². The monoisotopic (exact) mass is 378 g/mol. The summed E-state index contributed by atoms with van der Waals surface area (Å²) in [5.41, 5.74) is 0. The minimum absolute atomic E-state index is 0.0819. The largest absolute Gasteiger partial charge is 0.458 e. The molecule has 0 spiro atoms. The average molecular weight is 379 g/mol. The van der Waals surface area contributed by atoms with Crippen molar-refractivity contribution in [3.8, 4) is 0 Å². The number of fused-ring (bicyclic) bond motifs is 1. The summed E-state index contributed by atoms with van der Waals surface area (Å²) in [7, 11) is 0. The fourth-order valence-corrected chi connectivity index (χ4v) is 4.57. The zero-order chi connectivity index (χ0) is 14.7. The lowest BCUT2D eigenvalue weighted by atomic mass is 10.1. The van der Waals surface area contributed by atoms with Gasteiger partial charge in [0.25, 0.3) is 0 Å². The van der Waals surface area contributed by atoms with E-state index in [1.807, 2.05) is 6.92 Å². The van der Waals surface area contributed by atoms with Crippen LogP contribution >= 0.6 is 38.6 Å². The van der Waals surface area contributed by atoms with Gasteiger partial charge < -0.3 is 4.74 Å². The molecule has 0 radical (unpaired) electrons. The number of hydrogen-bond donors (Lipinski definition) is 0. The molecule has 110 valence electrons. The van der Waals surface area contributed by atoms with Gasteiger partial charge in [-0.1, -0.05) is 26.7 Å². The van der Waals surface area contributed by atoms with Crippen LogP contribution in [0.15, 0.2) is 9.17 Å². The van der Waals surface area contributed by atoms with Crippen molar-refractivity contribution in [3.63, 3.8) is 0 Å². The highest BCUT2D eigenvalue weighted by molar-refractivity contribution is 9.11. The van der Waals surface area contributed by atoms with Crippen molar-refractivity contribution >= 4 is 54.7 Å². The molecule has 0 saturated heterocycles. The molecule has 0 fully saturated rings. The maximum absolute atomic E-state index is 14.2. The van der Waals surface area contributed by atoms with Gasteiger partial charge in [0.1, 0.15) is 11.0 Å². The number of unbranched alkanes of at least 4 members (excludes halogenated alkanes) is 1. The molecule has 0 aliphatic heterocycles. The van der Waals surface area contributed by atoms with Crippen molar-refractivity contribution in [1.29, 1.82) is 0 Å². The number of carbonyl (C=O) groups is 1. The number of thiophene rings is 2. The third kappa shape index (κ3) is 3.23. The summed E-state index contributed by atoms with van der Waals surface area (Å²) in [6.45, 7) is 4.08. The third-order valence-electron chi connectivity index (χ3n) is 3.14. The molecule has 1 unspecified atom stereocenters. The molecule has 0 saturated carbocycles. The molecular formula is C14H16BrFO2S2. The van der Waals surface area contributed by atoms with Gasteiger partial charge in [-0.05, 0) is 28.8 Å². The van der Waals surface area contributed by atoms with Crippen molar-refractivity contribution < 1.29 is 13.9 Å².